The van der Waals surface area contributed by atoms with Gasteiger partial charge in [-0.15, -0.1) is 0 Å². The van der Waals surface area contributed by atoms with Crippen molar-refractivity contribution in [3.63, 3.8) is 0 Å². The van der Waals surface area contributed by atoms with E-state index in [1.165, 1.54) is 6.26 Å². The molecule has 0 aliphatic carbocycles. The first-order valence-electron chi connectivity index (χ1n) is 7.56. The van der Waals surface area contributed by atoms with Crippen molar-refractivity contribution in [2.45, 2.75) is 6.42 Å². The molecule has 3 heterocycles. The zero-order chi connectivity index (χ0) is 17.9. The minimum Gasteiger partial charge on any atom is -0.459 e. The molecule has 0 amide bonds. The summed E-state index contributed by atoms with van der Waals surface area (Å²) >= 11 is 6.13. The Morgan fingerprint density at radius 2 is 1.88 bits per heavy atom. The normalized spacial score (nSPS) is 10.8. The number of furan rings is 1. The standard InChI is InChI=1S/C16H12ClN7O2/c17-9-4-1-2-5-10(9)19-16-22-12(21-15(18)23-16)8-13-20-14(26-24-13)11-6-3-7-25-11/h1-7H,8H2,(H3,18,19,21,22,23). The summed E-state index contributed by atoms with van der Waals surface area (Å²) in [5.41, 5.74) is 6.43. The minimum absolute atomic E-state index is 0.0688. The molecule has 0 radical (unpaired) electrons. The number of nitrogens with one attached hydrogen (secondary N) is 1. The first-order chi connectivity index (χ1) is 12.7. The Kier molecular flexibility index (Phi) is 4.20. The average molecular weight is 370 g/mol. The Morgan fingerprint density at radius 3 is 2.69 bits per heavy atom. The van der Waals surface area contributed by atoms with Gasteiger partial charge in [0.2, 0.25) is 11.9 Å². The SMILES string of the molecule is Nc1nc(Cc2noc(-c3ccco3)n2)nc(Nc2ccccc2Cl)n1. The number of nitrogens with zero attached hydrogens (tertiary/aromatic N) is 5. The minimum atomic E-state index is 0.0688. The van der Waals surface area contributed by atoms with Gasteiger partial charge in [-0.05, 0) is 24.3 Å². The zero-order valence-electron chi connectivity index (χ0n) is 13.3. The highest BCUT2D eigenvalue weighted by Crippen LogP contribution is 2.23. The predicted octanol–water partition coefficient (Wildman–Crippen LogP) is 3.08. The molecule has 0 saturated carbocycles. The molecule has 0 saturated heterocycles. The second-order valence-corrected chi connectivity index (χ2v) is 5.62. The van der Waals surface area contributed by atoms with E-state index in [2.05, 4.69) is 30.4 Å². The van der Waals surface area contributed by atoms with Crippen molar-refractivity contribution in [2.24, 2.45) is 0 Å². The summed E-state index contributed by atoms with van der Waals surface area (Å²) in [6.45, 7) is 0. The molecule has 0 bridgehead atoms. The summed E-state index contributed by atoms with van der Waals surface area (Å²) < 4.78 is 10.4. The fourth-order valence-corrected chi connectivity index (χ4v) is 2.41. The highest BCUT2D eigenvalue weighted by atomic mass is 35.5. The molecule has 3 aromatic heterocycles. The van der Waals surface area contributed by atoms with E-state index in [0.717, 1.165) is 0 Å². The van der Waals surface area contributed by atoms with Gasteiger partial charge in [-0.3, -0.25) is 0 Å². The number of anilines is 3. The van der Waals surface area contributed by atoms with Crippen LogP contribution in [0.25, 0.3) is 11.7 Å². The van der Waals surface area contributed by atoms with Crippen LogP contribution < -0.4 is 11.1 Å². The fourth-order valence-electron chi connectivity index (χ4n) is 2.22. The fraction of sp³-hybridized carbons (Fsp3) is 0.0625. The molecule has 0 aliphatic heterocycles. The van der Waals surface area contributed by atoms with Crippen LogP contribution in [-0.4, -0.2) is 25.1 Å². The van der Waals surface area contributed by atoms with Crippen molar-refractivity contribution in [3.8, 4) is 11.7 Å². The van der Waals surface area contributed by atoms with Crippen LogP contribution in [0.5, 0.6) is 0 Å². The first kappa shape index (κ1) is 16.0. The van der Waals surface area contributed by atoms with Crippen LogP contribution in [0.3, 0.4) is 0 Å². The number of nitrogens with two attached hydrogens (primary N) is 1. The van der Waals surface area contributed by atoms with Gasteiger partial charge < -0.3 is 20.0 Å². The molecule has 9 nitrogen and oxygen atoms in total. The molecule has 0 fully saturated rings. The van der Waals surface area contributed by atoms with Crippen molar-refractivity contribution < 1.29 is 8.94 Å². The van der Waals surface area contributed by atoms with E-state index in [0.29, 0.717) is 28.1 Å². The molecule has 26 heavy (non-hydrogen) atoms. The summed E-state index contributed by atoms with van der Waals surface area (Å²) in [4.78, 5) is 16.7. The monoisotopic (exact) mass is 369 g/mol. The van der Waals surface area contributed by atoms with Gasteiger partial charge in [0.1, 0.15) is 5.82 Å². The maximum absolute atomic E-state index is 6.13. The predicted molar refractivity (Wildman–Crippen MR) is 93.8 cm³/mol. The van der Waals surface area contributed by atoms with Crippen LogP contribution in [-0.2, 0) is 6.42 Å². The summed E-state index contributed by atoms with van der Waals surface area (Å²) in [5, 5.41) is 7.45. The summed E-state index contributed by atoms with van der Waals surface area (Å²) in [6, 6.07) is 10.7. The van der Waals surface area contributed by atoms with Crippen LogP contribution in [0.4, 0.5) is 17.6 Å². The highest BCUT2D eigenvalue weighted by Gasteiger charge is 2.14. The summed E-state index contributed by atoms with van der Waals surface area (Å²) in [6.07, 6.45) is 1.74. The topological polar surface area (TPSA) is 129 Å². The number of aromatic nitrogens is 5. The third kappa shape index (κ3) is 3.47. The van der Waals surface area contributed by atoms with Crippen molar-refractivity contribution in [1.82, 2.24) is 25.1 Å². The third-order valence-electron chi connectivity index (χ3n) is 3.34. The largest absolute Gasteiger partial charge is 0.459 e. The van der Waals surface area contributed by atoms with E-state index < -0.39 is 0 Å². The van der Waals surface area contributed by atoms with E-state index in [1.54, 1.807) is 24.3 Å². The van der Waals surface area contributed by atoms with Gasteiger partial charge in [-0.25, -0.2) is 0 Å². The van der Waals surface area contributed by atoms with Gasteiger partial charge >= 0.3 is 0 Å². The first-order valence-corrected chi connectivity index (χ1v) is 7.93. The van der Waals surface area contributed by atoms with Crippen molar-refractivity contribution >= 4 is 29.2 Å². The Balaban J connectivity index is 1.56. The number of halogens is 1. The molecule has 130 valence electrons. The Bertz CT molecular complexity index is 1030. The van der Waals surface area contributed by atoms with Crippen LogP contribution >= 0.6 is 11.6 Å². The zero-order valence-corrected chi connectivity index (χ0v) is 14.0. The maximum atomic E-state index is 6.13. The smallest absolute Gasteiger partial charge is 0.293 e. The average Bonchev–Trinajstić information content (AvgIpc) is 3.28. The van der Waals surface area contributed by atoms with Gasteiger partial charge in [-0.1, -0.05) is 28.9 Å². The number of rotatable bonds is 5. The lowest BCUT2D eigenvalue weighted by Crippen LogP contribution is -2.08. The van der Waals surface area contributed by atoms with E-state index in [9.17, 15) is 0 Å². The van der Waals surface area contributed by atoms with Crippen molar-refractivity contribution in [3.05, 3.63) is 59.3 Å². The van der Waals surface area contributed by atoms with Crippen LogP contribution in [0.2, 0.25) is 5.02 Å². The molecule has 3 N–H and O–H groups in total. The Labute approximate surface area is 152 Å². The van der Waals surface area contributed by atoms with E-state index in [1.807, 2.05) is 12.1 Å². The molecule has 0 unspecified atom stereocenters. The van der Waals surface area contributed by atoms with Gasteiger partial charge in [0, 0.05) is 0 Å². The lowest BCUT2D eigenvalue weighted by atomic mass is 10.3. The van der Waals surface area contributed by atoms with Gasteiger partial charge in [-0.2, -0.15) is 19.9 Å². The lowest BCUT2D eigenvalue weighted by molar-refractivity contribution is 0.410. The second kappa shape index (κ2) is 6.81. The van der Waals surface area contributed by atoms with Crippen molar-refractivity contribution in [1.29, 1.82) is 0 Å². The molecule has 0 spiro atoms. The third-order valence-corrected chi connectivity index (χ3v) is 3.67. The van der Waals surface area contributed by atoms with E-state index in [4.69, 9.17) is 26.3 Å². The van der Waals surface area contributed by atoms with Crippen LogP contribution in [0.15, 0.2) is 51.6 Å². The highest BCUT2D eigenvalue weighted by molar-refractivity contribution is 6.33. The Morgan fingerprint density at radius 1 is 1.00 bits per heavy atom. The van der Waals surface area contributed by atoms with Crippen LogP contribution in [0.1, 0.15) is 11.6 Å². The second-order valence-electron chi connectivity index (χ2n) is 5.21. The molecule has 10 heteroatoms. The number of hydrogen-bond acceptors (Lipinski definition) is 9. The Hall–Kier alpha value is -3.46. The van der Waals surface area contributed by atoms with Gasteiger partial charge in [0.15, 0.2) is 11.6 Å². The lowest BCUT2D eigenvalue weighted by Gasteiger charge is -2.07. The number of hydrogen-bond donors (Lipinski definition) is 2. The quantitative estimate of drug-likeness (QED) is 0.545. The van der Waals surface area contributed by atoms with E-state index in [-0.39, 0.29) is 24.2 Å². The number of benzene rings is 1. The van der Waals surface area contributed by atoms with Gasteiger partial charge in [0.25, 0.3) is 5.89 Å². The molecular weight excluding hydrogens is 358 g/mol. The van der Waals surface area contributed by atoms with Gasteiger partial charge in [0.05, 0.1) is 23.4 Å². The molecule has 4 rings (SSSR count). The maximum Gasteiger partial charge on any atom is 0.293 e. The molecular formula is C16H12ClN7O2. The van der Waals surface area contributed by atoms with Crippen molar-refractivity contribution in [2.75, 3.05) is 11.1 Å². The molecule has 4 aromatic rings. The summed E-state index contributed by atoms with van der Waals surface area (Å²) in [5.74, 6) is 1.89. The van der Waals surface area contributed by atoms with Crippen LogP contribution in [0, 0.1) is 0 Å². The summed E-state index contributed by atoms with van der Waals surface area (Å²) in [7, 11) is 0. The molecule has 1 aromatic carbocycles. The van der Waals surface area contributed by atoms with E-state index >= 15 is 0 Å². The number of nitrogen functional groups attached to an aromatic ring is 1. The molecule has 0 atom stereocenters. The molecule has 0 aliphatic rings. The number of para-hydroxylation sites is 1.